The van der Waals surface area contributed by atoms with Crippen LogP contribution in [0, 0.1) is 0 Å². The zero-order valence-corrected chi connectivity index (χ0v) is 9.04. The summed E-state index contributed by atoms with van der Waals surface area (Å²) < 4.78 is 24.8. The molecule has 3 nitrogen and oxygen atoms in total. The Bertz CT molecular complexity index is 417. The SMILES string of the molecule is CNS(=O)(=O)c1cccc(Cl)c1Cl. The largest absolute Gasteiger partial charge is 0.241 e. The molecule has 72 valence electrons. The summed E-state index contributed by atoms with van der Waals surface area (Å²) in [6.07, 6.45) is 0. The van der Waals surface area contributed by atoms with E-state index >= 15 is 0 Å². The van der Waals surface area contributed by atoms with Gasteiger partial charge >= 0.3 is 0 Å². The van der Waals surface area contributed by atoms with E-state index in [2.05, 4.69) is 4.72 Å². The van der Waals surface area contributed by atoms with Gasteiger partial charge in [-0.3, -0.25) is 0 Å². The van der Waals surface area contributed by atoms with Crippen LogP contribution < -0.4 is 4.72 Å². The first-order chi connectivity index (χ1) is 5.99. The molecule has 6 heteroatoms. The predicted molar refractivity (Wildman–Crippen MR) is 52.7 cm³/mol. The number of benzene rings is 1. The summed E-state index contributed by atoms with van der Waals surface area (Å²) in [4.78, 5) is -0.0100. The fourth-order valence-electron chi connectivity index (χ4n) is 0.802. The normalized spacial score (nSPS) is 11.6. The van der Waals surface area contributed by atoms with Gasteiger partial charge in [0.15, 0.2) is 0 Å². The molecule has 13 heavy (non-hydrogen) atoms. The Morgan fingerprint density at radius 2 is 1.92 bits per heavy atom. The van der Waals surface area contributed by atoms with Crippen LogP contribution in [-0.2, 0) is 10.0 Å². The lowest BCUT2D eigenvalue weighted by atomic mass is 10.4. The number of hydrogen-bond donors (Lipinski definition) is 1. The molecule has 0 bridgehead atoms. The smallest absolute Gasteiger partial charge is 0.214 e. The number of nitrogens with one attached hydrogen (secondary N) is 1. The van der Waals surface area contributed by atoms with Gasteiger partial charge in [-0.25, -0.2) is 13.1 Å². The number of halogens is 2. The van der Waals surface area contributed by atoms with Crippen molar-refractivity contribution in [1.82, 2.24) is 4.72 Å². The minimum atomic E-state index is -3.52. The van der Waals surface area contributed by atoms with Crippen molar-refractivity contribution in [2.75, 3.05) is 7.05 Å². The van der Waals surface area contributed by atoms with Crippen LogP contribution in [0.2, 0.25) is 10.0 Å². The molecule has 0 spiro atoms. The number of sulfonamides is 1. The van der Waals surface area contributed by atoms with Gasteiger partial charge in [-0.2, -0.15) is 0 Å². The van der Waals surface area contributed by atoms with Gasteiger partial charge in [0.25, 0.3) is 0 Å². The maximum Gasteiger partial charge on any atom is 0.241 e. The van der Waals surface area contributed by atoms with Crippen LogP contribution >= 0.6 is 23.2 Å². The van der Waals surface area contributed by atoms with Crippen LogP contribution in [0.15, 0.2) is 23.1 Å². The van der Waals surface area contributed by atoms with E-state index in [9.17, 15) is 8.42 Å². The van der Waals surface area contributed by atoms with Crippen LogP contribution in [0.4, 0.5) is 0 Å². The Kier molecular flexibility index (Phi) is 3.18. The predicted octanol–water partition coefficient (Wildman–Crippen LogP) is 1.90. The lowest BCUT2D eigenvalue weighted by Gasteiger charge is -2.04. The van der Waals surface area contributed by atoms with Gasteiger partial charge in [0.2, 0.25) is 10.0 Å². The summed E-state index contributed by atoms with van der Waals surface area (Å²) in [5.41, 5.74) is 0. The molecule has 0 saturated heterocycles. The molecular weight excluding hydrogens is 233 g/mol. The molecule has 0 aliphatic rings. The Balaban J connectivity index is 3.40. The topological polar surface area (TPSA) is 46.2 Å². The maximum absolute atomic E-state index is 11.3. The fourth-order valence-corrected chi connectivity index (χ4v) is 2.29. The summed E-state index contributed by atoms with van der Waals surface area (Å²) in [6.45, 7) is 0. The molecule has 1 rings (SSSR count). The molecule has 0 aliphatic carbocycles. The third-order valence-corrected chi connectivity index (χ3v) is 3.86. The van der Waals surface area contributed by atoms with E-state index in [0.717, 1.165) is 0 Å². The van der Waals surface area contributed by atoms with Crippen molar-refractivity contribution in [1.29, 1.82) is 0 Å². The van der Waals surface area contributed by atoms with Crippen LogP contribution in [0.1, 0.15) is 0 Å². The van der Waals surface area contributed by atoms with Gasteiger partial charge in [0.05, 0.1) is 10.0 Å². The first-order valence-corrected chi connectivity index (χ1v) is 5.60. The molecule has 1 N–H and O–H groups in total. The van der Waals surface area contributed by atoms with Crippen molar-refractivity contribution in [2.45, 2.75) is 4.90 Å². The van der Waals surface area contributed by atoms with Gasteiger partial charge in [0, 0.05) is 0 Å². The second kappa shape index (κ2) is 3.84. The highest BCUT2D eigenvalue weighted by molar-refractivity contribution is 7.89. The van der Waals surface area contributed by atoms with Crippen LogP contribution in [-0.4, -0.2) is 15.5 Å². The highest BCUT2D eigenvalue weighted by Gasteiger charge is 2.16. The van der Waals surface area contributed by atoms with Crippen molar-refractivity contribution in [2.24, 2.45) is 0 Å². The summed E-state index contributed by atoms with van der Waals surface area (Å²) in [7, 11) is -2.21. The van der Waals surface area contributed by atoms with E-state index in [-0.39, 0.29) is 14.9 Å². The molecule has 0 atom stereocenters. The van der Waals surface area contributed by atoms with Gasteiger partial charge in [0.1, 0.15) is 4.90 Å². The van der Waals surface area contributed by atoms with Gasteiger partial charge in [-0.05, 0) is 19.2 Å². The van der Waals surface area contributed by atoms with E-state index in [1.165, 1.54) is 25.2 Å². The van der Waals surface area contributed by atoms with E-state index in [4.69, 9.17) is 23.2 Å². The Labute approximate surface area is 86.7 Å². The molecular formula is C7H7Cl2NO2S. The minimum Gasteiger partial charge on any atom is -0.214 e. The minimum absolute atomic E-state index is 0.0100. The summed E-state index contributed by atoms with van der Waals surface area (Å²) >= 11 is 11.4. The fraction of sp³-hybridized carbons (Fsp3) is 0.143. The van der Waals surface area contributed by atoms with E-state index in [1.54, 1.807) is 0 Å². The molecule has 0 fully saturated rings. The van der Waals surface area contributed by atoms with E-state index in [1.807, 2.05) is 0 Å². The van der Waals surface area contributed by atoms with Crippen molar-refractivity contribution in [3.05, 3.63) is 28.2 Å². The second-order valence-corrected chi connectivity index (χ2v) is 4.90. The van der Waals surface area contributed by atoms with Crippen LogP contribution in [0.5, 0.6) is 0 Å². The molecule has 1 aromatic carbocycles. The van der Waals surface area contributed by atoms with Crippen molar-refractivity contribution >= 4 is 33.2 Å². The molecule has 1 aromatic rings. The molecule has 0 aliphatic heterocycles. The average Bonchev–Trinajstić information content (AvgIpc) is 2.09. The molecule has 0 unspecified atom stereocenters. The summed E-state index contributed by atoms with van der Waals surface area (Å²) in [5, 5.41) is 0.261. The average molecular weight is 240 g/mol. The van der Waals surface area contributed by atoms with Gasteiger partial charge < -0.3 is 0 Å². The van der Waals surface area contributed by atoms with Crippen molar-refractivity contribution in [3.8, 4) is 0 Å². The summed E-state index contributed by atoms with van der Waals surface area (Å²) in [6, 6.07) is 4.44. The highest BCUT2D eigenvalue weighted by Crippen LogP contribution is 2.28. The summed E-state index contributed by atoms with van der Waals surface area (Å²) in [5.74, 6) is 0. The lowest BCUT2D eigenvalue weighted by molar-refractivity contribution is 0.588. The molecule has 0 saturated carbocycles. The van der Waals surface area contributed by atoms with E-state index < -0.39 is 10.0 Å². The standard InChI is InChI=1S/C7H7Cl2NO2S/c1-10-13(11,12)6-4-2-3-5(8)7(6)9/h2-4,10H,1H3. The Hall–Kier alpha value is -0.290. The Morgan fingerprint density at radius 3 is 2.46 bits per heavy atom. The van der Waals surface area contributed by atoms with Crippen LogP contribution in [0.3, 0.4) is 0 Å². The van der Waals surface area contributed by atoms with Gasteiger partial charge in [-0.1, -0.05) is 29.3 Å². The molecule has 0 aromatic heterocycles. The molecule has 0 radical (unpaired) electrons. The quantitative estimate of drug-likeness (QED) is 0.858. The first kappa shape index (κ1) is 10.8. The zero-order chi connectivity index (χ0) is 10.1. The Morgan fingerprint density at radius 1 is 1.31 bits per heavy atom. The monoisotopic (exact) mass is 239 g/mol. The van der Waals surface area contributed by atoms with Crippen molar-refractivity contribution < 1.29 is 8.42 Å². The van der Waals surface area contributed by atoms with Gasteiger partial charge in [-0.15, -0.1) is 0 Å². The van der Waals surface area contributed by atoms with Crippen molar-refractivity contribution in [3.63, 3.8) is 0 Å². The number of rotatable bonds is 2. The maximum atomic E-state index is 11.3. The number of hydrogen-bond acceptors (Lipinski definition) is 2. The zero-order valence-electron chi connectivity index (χ0n) is 6.71. The second-order valence-electron chi connectivity index (χ2n) is 2.26. The first-order valence-electron chi connectivity index (χ1n) is 3.36. The highest BCUT2D eigenvalue weighted by atomic mass is 35.5. The lowest BCUT2D eigenvalue weighted by Crippen LogP contribution is -2.18. The third-order valence-electron chi connectivity index (χ3n) is 1.47. The van der Waals surface area contributed by atoms with E-state index in [0.29, 0.717) is 0 Å². The molecule has 0 amide bonds. The van der Waals surface area contributed by atoms with Crippen LogP contribution in [0.25, 0.3) is 0 Å². The third kappa shape index (κ3) is 2.14. The molecule has 0 heterocycles.